The molecule has 0 unspecified atom stereocenters. The van der Waals surface area contributed by atoms with E-state index in [0.717, 1.165) is 0 Å². The van der Waals surface area contributed by atoms with Crippen LogP contribution in [-0.2, 0) is 0 Å². The maximum atomic E-state index is 3.80. The molecule has 1 nitrogen and oxygen atoms in total. The van der Waals surface area contributed by atoms with Crippen molar-refractivity contribution in [3.8, 4) is 22.3 Å². The largest absolute Gasteiger partial charge is 0.354 e. The number of fused-ring (bicyclic) bond motifs is 7. The molecule has 0 spiro atoms. The number of aromatic amines is 1. The third-order valence-corrected chi connectivity index (χ3v) is 6.79. The molecule has 0 saturated carbocycles. The zero-order valence-electron chi connectivity index (χ0n) is 18.0. The van der Waals surface area contributed by atoms with Gasteiger partial charge in [0.05, 0.1) is 5.52 Å². The van der Waals surface area contributed by atoms with E-state index in [1.807, 2.05) is 0 Å². The number of hydrogen-bond donors (Lipinski definition) is 1. The molecule has 1 aromatic heterocycles. The normalized spacial score (nSPS) is 11.6. The quantitative estimate of drug-likeness (QED) is 0.288. The van der Waals surface area contributed by atoms with Crippen molar-refractivity contribution in [3.63, 3.8) is 0 Å². The summed E-state index contributed by atoms with van der Waals surface area (Å²) in [5.41, 5.74) is 7.40. The summed E-state index contributed by atoms with van der Waals surface area (Å²) >= 11 is 0. The summed E-state index contributed by atoms with van der Waals surface area (Å²) in [5.74, 6) is 0. The van der Waals surface area contributed by atoms with Gasteiger partial charge in [-0.15, -0.1) is 0 Å². The summed E-state index contributed by atoms with van der Waals surface area (Å²) in [4.78, 5) is 3.80. The van der Waals surface area contributed by atoms with Crippen molar-refractivity contribution in [2.24, 2.45) is 0 Å². The van der Waals surface area contributed by atoms with Gasteiger partial charge < -0.3 is 4.98 Å². The van der Waals surface area contributed by atoms with E-state index in [4.69, 9.17) is 0 Å². The summed E-state index contributed by atoms with van der Waals surface area (Å²) in [7, 11) is 0. The Kier molecular flexibility index (Phi) is 3.91. The van der Waals surface area contributed by atoms with Crippen molar-refractivity contribution < 1.29 is 0 Å². The van der Waals surface area contributed by atoms with Crippen molar-refractivity contribution in [2.75, 3.05) is 0 Å². The summed E-state index contributed by atoms with van der Waals surface area (Å²) in [5, 5.41) is 7.67. The molecule has 0 aliphatic heterocycles. The van der Waals surface area contributed by atoms with E-state index in [1.165, 1.54) is 65.6 Å². The van der Waals surface area contributed by atoms with Gasteiger partial charge in [0.2, 0.25) is 0 Å². The molecule has 0 radical (unpaired) electrons. The molecule has 7 aromatic rings. The van der Waals surface area contributed by atoms with Crippen LogP contribution in [0.5, 0.6) is 0 Å². The van der Waals surface area contributed by atoms with E-state index < -0.39 is 0 Å². The minimum Gasteiger partial charge on any atom is -0.354 e. The van der Waals surface area contributed by atoms with E-state index in [-0.39, 0.29) is 0 Å². The molecule has 154 valence electrons. The molecule has 33 heavy (non-hydrogen) atoms. The van der Waals surface area contributed by atoms with Crippen LogP contribution in [0, 0.1) is 0 Å². The molecule has 0 fully saturated rings. The maximum absolute atomic E-state index is 3.80. The van der Waals surface area contributed by atoms with Gasteiger partial charge in [0, 0.05) is 21.7 Å². The van der Waals surface area contributed by atoms with Gasteiger partial charge in [0.15, 0.2) is 0 Å². The Bertz CT molecular complexity index is 1790. The minimum atomic E-state index is 1.18. The van der Waals surface area contributed by atoms with Crippen LogP contribution in [0.15, 0.2) is 121 Å². The van der Waals surface area contributed by atoms with Gasteiger partial charge >= 0.3 is 0 Å². The van der Waals surface area contributed by atoms with E-state index in [9.17, 15) is 0 Å². The van der Waals surface area contributed by atoms with Crippen LogP contribution in [0.25, 0.3) is 65.6 Å². The van der Waals surface area contributed by atoms with Crippen molar-refractivity contribution in [2.45, 2.75) is 0 Å². The van der Waals surface area contributed by atoms with E-state index in [2.05, 4.69) is 126 Å². The molecule has 1 N–H and O–H groups in total. The van der Waals surface area contributed by atoms with Crippen molar-refractivity contribution in [3.05, 3.63) is 121 Å². The first kappa shape index (κ1) is 18.2. The number of aromatic nitrogens is 1. The lowest BCUT2D eigenvalue weighted by Crippen LogP contribution is -1.84. The molecular formula is C32H21N. The minimum absolute atomic E-state index is 1.18. The van der Waals surface area contributed by atoms with Crippen LogP contribution in [0.2, 0.25) is 0 Å². The third-order valence-electron chi connectivity index (χ3n) is 6.79. The Morgan fingerprint density at radius 2 is 0.879 bits per heavy atom. The summed E-state index contributed by atoms with van der Waals surface area (Å²) in [6.45, 7) is 0. The summed E-state index contributed by atoms with van der Waals surface area (Å²) in [6, 6.07) is 43.6. The average molecular weight is 420 g/mol. The molecule has 6 aromatic carbocycles. The first-order valence-electron chi connectivity index (χ1n) is 11.4. The predicted molar refractivity (Wildman–Crippen MR) is 142 cm³/mol. The lowest BCUT2D eigenvalue weighted by molar-refractivity contribution is 1.56. The Hall–Kier alpha value is -4.36. The highest BCUT2D eigenvalue weighted by Gasteiger charge is 2.16. The third kappa shape index (κ3) is 2.73. The second kappa shape index (κ2) is 7.08. The Balaban J connectivity index is 1.68. The number of rotatable bonds is 2. The first-order chi connectivity index (χ1) is 16.4. The van der Waals surface area contributed by atoms with Gasteiger partial charge in [-0.2, -0.15) is 0 Å². The number of hydrogen-bond acceptors (Lipinski definition) is 0. The molecule has 7 rings (SSSR count). The fourth-order valence-corrected chi connectivity index (χ4v) is 5.32. The predicted octanol–water partition coefficient (Wildman–Crippen LogP) is 8.96. The second-order valence-corrected chi connectivity index (χ2v) is 8.64. The van der Waals surface area contributed by atoms with Crippen LogP contribution in [0.1, 0.15) is 0 Å². The summed E-state index contributed by atoms with van der Waals surface area (Å²) < 4.78 is 0. The van der Waals surface area contributed by atoms with Gasteiger partial charge in [-0.1, -0.05) is 109 Å². The van der Waals surface area contributed by atoms with Gasteiger partial charge in [-0.05, 0) is 50.5 Å². The molecule has 0 atom stereocenters. The van der Waals surface area contributed by atoms with Crippen LogP contribution in [0.3, 0.4) is 0 Å². The van der Waals surface area contributed by atoms with Gasteiger partial charge in [0.1, 0.15) is 0 Å². The Morgan fingerprint density at radius 3 is 1.52 bits per heavy atom. The highest BCUT2D eigenvalue weighted by atomic mass is 14.7. The first-order valence-corrected chi connectivity index (χ1v) is 11.4. The topological polar surface area (TPSA) is 15.8 Å². The SMILES string of the molecule is c1ccc(-c2cc3c([nH]c4cc(-c5ccccc5)c5ccccc5c43)c3ccccc23)cc1. The van der Waals surface area contributed by atoms with E-state index in [0.29, 0.717) is 0 Å². The molecule has 0 bridgehead atoms. The van der Waals surface area contributed by atoms with Crippen LogP contribution in [-0.4, -0.2) is 4.98 Å². The van der Waals surface area contributed by atoms with E-state index >= 15 is 0 Å². The van der Waals surface area contributed by atoms with Crippen LogP contribution >= 0.6 is 0 Å². The van der Waals surface area contributed by atoms with Gasteiger partial charge in [-0.3, -0.25) is 0 Å². The Morgan fingerprint density at radius 1 is 0.394 bits per heavy atom. The average Bonchev–Trinajstić information content (AvgIpc) is 3.28. The lowest BCUT2D eigenvalue weighted by atomic mass is 9.92. The van der Waals surface area contributed by atoms with Gasteiger partial charge in [0.25, 0.3) is 0 Å². The maximum Gasteiger partial charge on any atom is 0.0545 e. The van der Waals surface area contributed by atoms with Crippen LogP contribution in [0.4, 0.5) is 0 Å². The van der Waals surface area contributed by atoms with Crippen LogP contribution < -0.4 is 0 Å². The van der Waals surface area contributed by atoms with Crippen molar-refractivity contribution in [1.82, 2.24) is 4.98 Å². The summed E-state index contributed by atoms with van der Waals surface area (Å²) in [6.07, 6.45) is 0. The standard InChI is InChI=1S/C32H21N/c1-3-11-21(12-4-1)27-19-29-31-25-17-9-7-15-23(25)28(22-13-5-2-6-14-22)20-30(31)33-32(29)26-18-10-8-16-24(26)27/h1-20,33H. The highest BCUT2D eigenvalue weighted by Crippen LogP contribution is 2.42. The zero-order valence-corrected chi connectivity index (χ0v) is 18.0. The molecular weight excluding hydrogens is 398 g/mol. The second-order valence-electron chi connectivity index (χ2n) is 8.64. The molecule has 1 heteroatoms. The monoisotopic (exact) mass is 419 g/mol. The lowest BCUT2D eigenvalue weighted by Gasteiger charge is -2.10. The molecule has 1 heterocycles. The number of nitrogens with one attached hydrogen (secondary N) is 1. The zero-order chi connectivity index (χ0) is 21.8. The fourth-order valence-electron chi connectivity index (χ4n) is 5.32. The molecule has 0 aliphatic carbocycles. The smallest absolute Gasteiger partial charge is 0.0545 e. The molecule has 0 amide bonds. The molecule has 0 aliphatic rings. The van der Waals surface area contributed by atoms with Crippen molar-refractivity contribution in [1.29, 1.82) is 0 Å². The number of H-pyrrole nitrogens is 1. The van der Waals surface area contributed by atoms with E-state index in [1.54, 1.807) is 0 Å². The van der Waals surface area contributed by atoms with Gasteiger partial charge in [-0.25, -0.2) is 0 Å². The fraction of sp³-hybridized carbons (Fsp3) is 0. The Labute approximate surface area is 191 Å². The number of benzene rings is 6. The van der Waals surface area contributed by atoms with Crippen molar-refractivity contribution >= 4 is 43.4 Å². The highest BCUT2D eigenvalue weighted by molar-refractivity contribution is 6.28. The molecule has 0 saturated heterocycles.